The van der Waals surface area contributed by atoms with E-state index in [1.807, 2.05) is 20.8 Å². The van der Waals surface area contributed by atoms with Crippen molar-refractivity contribution >= 4 is 34.3 Å². The van der Waals surface area contributed by atoms with E-state index in [1.54, 1.807) is 0 Å². The number of fused-ring (bicyclic) bond motifs is 1. The molecule has 2 unspecified atom stereocenters. The fraction of sp³-hybridized carbons (Fsp3) is 0.476. The number of benzene rings is 1. The predicted molar refractivity (Wildman–Crippen MR) is 120 cm³/mol. The number of aliphatic hydroxyl groups is 2. The minimum absolute atomic E-state index is 0.179. The summed E-state index contributed by atoms with van der Waals surface area (Å²) >= 11 is 6.12. The molecular weight excluding hydrogens is 469 g/mol. The van der Waals surface area contributed by atoms with E-state index in [1.165, 1.54) is 35.4 Å². The van der Waals surface area contributed by atoms with E-state index in [-0.39, 0.29) is 16.7 Å². The van der Waals surface area contributed by atoms with Gasteiger partial charge in [-0.05, 0) is 18.2 Å². The van der Waals surface area contributed by atoms with Gasteiger partial charge < -0.3 is 25.0 Å². The van der Waals surface area contributed by atoms with Crippen molar-refractivity contribution in [3.05, 3.63) is 41.7 Å². The van der Waals surface area contributed by atoms with Crippen molar-refractivity contribution in [1.82, 2.24) is 30.4 Å². The summed E-state index contributed by atoms with van der Waals surface area (Å²) in [6.45, 7) is 6.04. The number of hydrogen-bond acceptors (Lipinski definition) is 10. The molecule has 0 radical (unpaired) electrons. The Labute approximate surface area is 199 Å². The van der Waals surface area contributed by atoms with Crippen LogP contribution in [0.5, 0.6) is 0 Å². The fourth-order valence-electron chi connectivity index (χ4n) is 3.97. The zero-order chi connectivity index (χ0) is 24.2. The Balaban J connectivity index is 1.40. The maximum Gasteiger partial charge on any atom is 0.167 e. The molecule has 2 saturated heterocycles. The number of aliphatic hydroxyl groups excluding tert-OH is 2. The topological polar surface area (TPSA) is 139 Å². The summed E-state index contributed by atoms with van der Waals surface area (Å²) < 4.78 is 26.9. The van der Waals surface area contributed by atoms with E-state index < -0.39 is 36.6 Å². The molecule has 34 heavy (non-hydrogen) atoms. The van der Waals surface area contributed by atoms with E-state index in [0.29, 0.717) is 22.7 Å². The van der Waals surface area contributed by atoms with Crippen molar-refractivity contribution < 1.29 is 24.1 Å². The second-order valence-electron chi connectivity index (χ2n) is 9.36. The third kappa shape index (κ3) is 4.11. The minimum atomic E-state index is -1.26. The molecule has 5 rings (SSSR count). The van der Waals surface area contributed by atoms with Gasteiger partial charge >= 0.3 is 0 Å². The Morgan fingerprint density at radius 1 is 1.12 bits per heavy atom. The van der Waals surface area contributed by atoms with Gasteiger partial charge in [-0.3, -0.25) is 4.57 Å². The van der Waals surface area contributed by atoms with Crippen LogP contribution < -0.4 is 16.2 Å². The number of nitrogens with zero attached hydrogens (tertiary/aromatic N) is 4. The molecule has 0 spiro atoms. The van der Waals surface area contributed by atoms with Gasteiger partial charge in [0.05, 0.1) is 17.0 Å². The molecule has 11 nitrogen and oxygen atoms in total. The average molecular weight is 494 g/mol. The van der Waals surface area contributed by atoms with Crippen molar-refractivity contribution in [3.8, 4) is 0 Å². The lowest BCUT2D eigenvalue weighted by molar-refractivity contribution is -0.122. The molecule has 182 valence electrons. The Morgan fingerprint density at radius 2 is 1.91 bits per heavy atom. The van der Waals surface area contributed by atoms with Crippen LogP contribution in [0.3, 0.4) is 0 Å². The van der Waals surface area contributed by atoms with Gasteiger partial charge in [-0.1, -0.05) is 32.4 Å². The van der Waals surface area contributed by atoms with Gasteiger partial charge in [-0.2, -0.15) is 0 Å². The molecule has 0 saturated carbocycles. The van der Waals surface area contributed by atoms with E-state index in [2.05, 4.69) is 31.1 Å². The molecule has 0 amide bonds. The van der Waals surface area contributed by atoms with Crippen molar-refractivity contribution in [3.63, 3.8) is 0 Å². The van der Waals surface area contributed by atoms with Crippen LogP contribution in [-0.2, 0) is 9.47 Å². The molecule has 2 aliphatic heterocycles. The van der Waals surface area contributed by atoms with Crippen LogP contribution >= 0.6 is 11.6 Å². The van der Waals surface area contributed by atoms with Gasteiger partial charge in [-0.15, -0.1) is 0 Å². The minimum Gasteiger partial charge on any atom is -0.387 e. The molecule has 0 aliphatic carbocycles. The SMILES string of the molecule is CC(C)(C)C1NNC([C@H]2O[C@@H](n3cnc4c(Nc5ccc(F)cc5Cl)ncnc43)[C@H](O)[C@@H]2O)O1. The van der Waals surface area contributed by atoms with Crippen molar-refractivity contribution in [2.24, 2.45) is 5.41 Å². The summed E-state index contributed by atoms with van der Waals surface area (Å²) in [5.74, 6) is -0.127. The Morgan fingerprint density at radius 3 is 2.62 bits per heavy atom. The molecule has 2 aliphatic rings. The van der Waals surface area contributed by atoms with Gasteiger partial charge in [0, 0.05) is 5.41 Å². The van der Waals surface area contributed by atoms with Crippen LogP contribution in [0, 0.1) is 11.2 Å². The number of halogens is 2. The van der Waals surface area contributed by atoms with Crippen molar-refractivity contribution in [1.29, 1.82) is 0 Å². The number of hydrogen-bond donors (Lipinski definition) is 5. The Kier molecular flexibility index (Phi) is 5.92. The highest BCUT2D eigenvalue weighted by Gasteiger charge is 2.51. The summed E-state index contributed by atoms with van der Waals surface area (Å²) in [6, 6.07) is 3.94. The third-order valence-corrected chi connectivity index (χ3v) is 6.13. The van der Waals surface area contributed by atoms with E-state index in [0.717, 1.165) is 0 Å². The number of ether oxygens (including phenoxy) is 2. The standard InChI is InChI=1S/C21H25ClFN7O4/c1-21(2,3)20-29-28-18(34-20)15-13(31)14(32)19(33-15)30-8-26-12-16(24-7-25-17(12)30)27-11-5-4-9(23)6-10(11)22/h4-8,13-15,18-20,28-29,31-32H,1-3H3,(H,24,25,27)/t13-,14+,15-,18?,19+,20?/m0/s1. The molecule has 2 fully saturated rings. The van der Waals surface area contributed by atoms with E-state index in [9.17, 15) is 14.6 Å². The highest BCUT2D eigenvalue weighted by atomic mass is 35.5. The maximum atomic E-state index is 13.4. The lowest BCUT2D eigenvalue weighted by Crippen LogP contribution is -2.46. The first-order valence-electron chi connectivity index (χ1n) is 10.7. The molecule has 6 atom stereocenters. The first-order valence-corrected chi connectivity index (χ1v) is 11.1. The number of anilines is 2. The first-order chi connectivity index (χ1) is 16.1. The zero-order valence-electron chi connectivity index (χ0n) is 18.6. The normalized spacial score (nSPS) is 29.7. The van der Waals surface area contributed by atoms with Crippen LogP contribution in [0.4, 0.5) is 15.9 Å². The molecule has 2 aromatic heterocycles. The summed E-state index contributed by atoms with van der Waals surface area (Å²) in [5, 5.41) is 24.7. The lowest BCUT2D eigenvalue weighted by Gasteiger charge is -2.26. The highest BCUT2D eigenvalue weighted by Crippen LogP contribution is 2.36. The van der Waals surface area contributed by atoms with E-state index >= 15 is 0 Å². The smallest absolute Gasteiger partial charge is 0.167 e. The Bertz CT molecular complexity index is 1210. The number of nitrogens with one attached hydrogen (secondary N) is 3. The fourth-order valence-corrected chi connectivity index (χ4v) is 4.18. The second-order valence-corrected chi connectivity index (χ2v) is 9.77. The molecule has 4 heterocycles. The molecule has 1 aromatic carbocycles. The monoisotopic (exact) mass is 493 g/mol. The van der Waals surface area contributed by atoms with Gasteiger partial charge in [0.2, 0.25) is 0 Å². The zero-order valence-corrected chi connectivity index (χ0v) is 19.4. The molecule has 0 bridgehead atoms. The first kappa shape index (κ1) is 23.3. The summed E-state index contributed by atoms with van der Waals surface area (Å²) in [6.07, 6.45) is -2.54. The van der Waals surface area contributed by atoms with E-state index in [4.69, 9.17) is 21.1 Å². The molecule has 5 N–H and O–H groups in total. The Hall–Kier alpha value is -2.45. The number of rotatable bonds is 4. The number of imidazole rings is 1. The third-order valence-electron chi connectivity index (χ3n) is 5.82. The molecular formula is C21H25ClFN7O4. The van der Waals surface area contributed by atoms with Crippen molar-refractivity contribution in [2.45, 2.75) is 57.8 Å². The summed E-state index contributed by atoms with van der Waals surface area (Å²) in [4.78, 5) is 12.8. The highest BCUT2D eigenvalue weighted by molar-refractivity contribution is 6.33. The summed E-state index contributed by atoms with van der Waals surface area (Å²) in [7, 11) is 0. The maximum absolute atomic E-state index is 13.4. The molecule has 13 heteroatoms. The van der Waals surface area contributed by atoms with Crippen molar-refractivity contribution in [2.75, 3.05) is 5.32 Å². The lowest BCUT2D eigenvalue weighted by atomic mass is 9.95. The average Bonchev–Trinajstić information content (AvgIpc) is 3.49. The van der Waals surface area contributed by atoms with Crippen LogP contribution in [0.25, 0.3) is 11.2 Å². The second kappa shape index (κ2) is 8.64. The van der Waals surface area contributed by atoms with Gasteiger partial charge in [0.25, 0.3) is 0 Å². The van der Waals surface area contributed by atoms with Gasteiger partial charge in [-0.25, -0.2) is 30.2 Å². The van der Waals surface area contributed by atoms with Gasteiger partial charge in [0.15, 0.2) is 29.4 Å². The molecule has 3 aromatic rings. The largest absolute Gasteiger partial charge is 0.387 e. The number of aromatic nitrogens is 4. The quantitative estimate of drug-likeness (QED) is 0.365. The van der Waals surface area contributed by atoms with Crippen LogP contribution in [-0.4, -0.2) is 60.5 Å². The predicted octanol–water partition coefficient (Wildman–Crippen LogP) is 1.80. The summed E-state index contributed by atoms with van der Waals surface area (Å²) in [5.41, 5.74) is 7.02. The van der Waals surface area contributed by atoms with Crippen LogP contribution in [0.15, 0.2) is 30.9 Å². The van der Waals surface area contributed by atoms with Crippen LogP contribution in [0.1, 0.15) is 27.0 Å². The number of hydrazine groups is 1. The van der Waals surface area contributed by atoms with Gasteiger partial charge in [0.1, 0.15) is 36.7 Å². The van der Waals surface area contributed by atoms with Crippen LogP contribution in [0.2, 0.25) is 5.02 Å².